The average Bonchev–Trinajstić information content (AvgIpc) is 1.83. The second kappa shape index (κ2) is 4.91. The molecule has 0 aromatic heterocycles. The van der Waals surface area contributed by atoms with Crippen molar-refractivity contribution in [2.45, 2.75) is 12.5 Å². The van der Waals surface area contributed by atoms with Gasteiger partial charge in [0.25, 0.3) is 3.91 Å². The molecule has 7 heteroatoms. The topological polar surface area (TPSA) is 104 Å². The molecule has 0 rings (SSSR count). The van der Waals surface area contributed by atoms with Gasteiger partial charge in [-0.05, 0) is 0 Å². The summed E-state index contributed by atoms with van der Waals surface area (Å²) in [6.45, 7) is 0. The summed E-state index contributed by atoms with van der Waals surface area (Å²) in [6.07, 6.45) is -0.621. The first-order valence-corrected chi connectivity index (χ1v) is 3.92. The van der Waals surface area contributed by atoms with E-state index in [1.165, 1.54) is 22.6 Å². The molecule has 0 aromatic rings. The smallest absolute Gasteiger partial charge is 0.326 e. The summed E-state index contributed by atoms with van der Waals surface area (Å²) in [6, 6.07) is -1.35. The standard InChI is InChI=1S/C5H6INO5/c6-5(12)7-2(4(10)11)1-3(8)9/h2H,1H2,(H,7,12)(H,8,9)(H,10,11). The molecule has 12 heavy (non-hydrogen) atoms. The Labute approximate surface area is 81.1 Å². The molecule has 6 nitrogen and oxygen atoms in total. The SMILES string of the molecule is O=C(O)CC(NC(=O)I)C(=O)O. The van der Waals surface area contributed by atoms with Gasteiger partial charge in [-0.15, -0.1) is 0 Å². The van der Waals surface area contributed by atoms with E-state index in [0.29, 0.717) is 0 Å². The molecule has 0 heterocycles. The molecule has 0 aliphatic rings. The van der Waals surface area contributed by atoms with Crippen LogP contribution in [0.1, 0.15) is 6.42 Å². The molecule has 0 saturated heterocycles. The quantitative estimate of drug-likeness (QED) is 0.385. The summed E-state index contributed by atoms with van der Waals surface area (Å²) in [7, 11) is 0. The van der Waals surface area contributed by atoms with Gasteiger partial charge in [0.1, 0.15) is 6.04 Å². The number of carboxylic acids is 2. The number of amides is 1. The molecule has 1 atom stereocenters. The summed E-state index contributed by atoms with van der Waals surface area (Å²) >= 11 is 1.33. The minimum atomic E-state index is -1.36. The number of halogens is 1. The normalized spacial score (nSPS) is 11.8. The van der Waals surface area contributed by atoms with Gasteiger partial charge in [-0.25, -0.2) is 4.79 Å². The van der Waals surface area contributed by atoms with Crippen LogP contribution >= 0.6 is 22.6 Å². The zero-order valence-corrected chi connectivity index (χ0v) is 7.94. The molecule has 1 amide bonds. The van der Waals surface area contributed by atoms with Crippen molar-refractivity contribution in [3.05, 3.63) is 0 Å². The van der Waals surface area contributed by atoms with Crippen molar-refractivity contribution >= 4 is 38.4 Å². The highest BCUT2D eigenvalue weighted by Gasteiger charge is 2.21. The molecule has 68 valence electrons. The van der Waals surface area contributed by atoms with Crippen molar-refractivity contribution in [3.63, 3.8) is 0 Å². The Morgan fingerprint density at radius 3 is 2.08 bits per heavy atom. The van der Waals surface area contributed by atoms with Crippen LogP contribution in [0.3, 0.4) is 0 Å². The first-order valence-electron chi connectivity index (χ1n) is 2.84. The van der Waals surface area contributed by atoms with Gasteiger partial charge in [0.2, 0.25) is 0 Å². The second-order valence-electron chi connectivity index (χ2n) is 1.91. The van der Waals surface area contributed by atoms with Gasteiger partial charge < -0.3 is 15.5 Å². The van der Waals surface area contributed by atoms with Crippen LogP contribution in [0, 0.1) is 0 Å². The summed E-state index contributed by atoms with van der Waals surface area (Å²) in [5.41, 5.74) is 0. The molecule has 3 N–H and O–H groups in total. The van der Waals surface area contributed by atoms with Crippen molar-refractivity contribution in [1.82, 2.24) is 5.32 Å². The van der Waals surface area contributed by atoms with Gasteiger partial charge in [0.15, 0.2) is 0 Å². The van der Waals surface area contributed by atoms with Crippen LogP contribution in [0.2, 0.25) is 0 Å². The zero-order chi connectivity index (χ0) is 9.72. The average molecular weight is 287 g/mol. The van der Waals surface area contributed by atoms with E-state index in [9.17, 15) is 14.4 Å². The number of aliphatic carboxylic acids is 2. The molecule has 0 aliphatic carbocycles. The van der Waals surface area contributed by atoms with E-state index in [0.717, 1.165) is 0 Å². The maximum absolute atomic E-state index is 10.4. The Balaban J connectivity index is 4.14. The van der Waals surface area contributed by atoms with Crippen molar-refractivity contribution in [2.24, 2.45) is 0 Å². The monoisotopic (exact) mass is 287 g/mol. The Kier molecular flexibility index (Phi) is 4.55. The summed E-state index contributed by atoms with van der Waals surface area (Å²) < 4.78 is -0.596. The number of carboxylic acid groups (broad SMARTS) is 2. The van der Waals surface area contributed by atoms with Crippen LogP contribution in [-0.2, 0) is 9.59 Å². The first kappa shape index (κ1) is 11.1. The van der Waals surface area contributed by atoms with Crippen LogP contribution in [0.15, 0.2) is 0 Å². The highest BCUT2D eigenvalue weighted by molar-refractivity contribution is 14.1. The van der Waals surface area contributed by atoms with Crippen LogP contribution in [-0.4, -0.2) is 32.1 Å². The lowest BCUT2D eigenvalue weighted by Gasteiger charge is -2.08. The Hall–Kier alpha value is -0.860. The largest absolute Gasteiger partial charge is 0.481 e. The highest BCUT2D eigenvalue weighted by atomic mass is 127. The molecule has 0 fully saturated rings. The van der Waals surface area contributed by atoms with E-state index in [2.05, 4.69) is 0 Å². The Morgan fingerprint density at radius 2 is 1.83 bits per heavy atom. The summed E-state index contributed by atoms with van der Waals surface area (Å²) in [5, 5.41) is 18.6. The Morgan fingerprint density at radius 1 is 1.33 bits per heavy atom. The maximum atomic E-state index is 10.4. The van der Waals surface area contributed by atoms with Gasteiger partial charge in [0.05, 0.1) is 6.42 Å². The predicted octanol–water partition coefficient (Wildman–Crippen LogP) is 0.0589. The van der Waals surface area contributed by atoms with E-state index in [4.69, 9.17) is 10.2 Å². The second-order valence-corrected chi connectivity index (χ2v) is 2.89. The maximum Gasteiger partial charge on any atom is 0.326 e. The van der Waals surface area contributed by atoms with E-state index in [1.54, 1.807) is 0 Å². The lowest BCUT2D eigenvalue weighted by molar-refractivity contribution is -0.145. The van der Waals surface area contributed by atoms with Gasteiger partial charge in [-0.2, -0.15) is 0 Å². The first-order chi connectivity index (χ1) is 5.43. The fourth-order valence-corrected chi connectivity index (χ4v) is 0.888. The number of hydrogen-bond donors (Lipinski definition) is 3. The third kappa shape index (κ3) is 4.88. The lowest BCUT2D eigenvalue weighted by Crippen LogP contribution is -2.39. The van der Waals surface area contributed by atoms with Crippen LogP contribution in [0.25, 0.3) is 0 Å². The minimum Gasteiger partial charge on any atom is -0.481 e. The molecule has 0 radical (unpaired) electrons. The molecular formula is C5H6INO5. The van der Waals surface area contributed by atoms with Crippen LogP contribution < -0.4 is 5.32 Å². The number of carbonyl (C=O) groups is 3. The molecule has 0 bridgehead atoms. The lowest BCUT2D eigenvalue weighted by atomic mass is 10.2. The van der Waals surface area contributed by atoms with E-state index in [-0.39, 0.29) is 0 Å². The van der Waals surface area contributed by atoms with Crippen molar-refractivity contribution in [3.8, 4) is 0 Å². The van der Waals surface area contributed by atoms with Crippen LogP contribution in [0.4, 0.5) is 4.79 Å². The summed E-state index contributed by atoms with van der Waals surface area (Å²) in [5.74, 6) is -2.63. The molecule has 0 aromatic carbocycles. The Bertz CT molecular complexity index is 200. The summed E-state index contributed by atoms with van der Waals surface area (Å²) in [4.78, 5) is 30.7. The minimum absolute atomic E-state index is 0.596. The van der Waals surface area contributed by atoms with Crippen LogP contribution in [0.5, 0.6) is 0 Å². The predicted molar refractivity (Wildman–Crippen MR) is 46.2 cm³/mol. The number of carbonyl (C=O) groups excluding carboxylic acids is 1. The molecular weight excluding hydrogens is 281 g/mol. The van der Waals surface area contributed by atoms with E-state index < -0.39 is 28.3 Å². The van der Waals surface area contributed by atoms with Crippen molar-refractivity contribution in [2.75, 3.05) is 0 Å². The van der Waals surface area contributed by atoms with Gasteiger partial charge in [-0.3, -0.25) is 9.59 Å². The van der Waals surface area contributed by atoms with Crippen molar-refractivity contribution < 1.29 is 24.6 Å². The highest BCUT2D eigenvalue weighted by Crippen LogP contribution is 1.95. The fraction of sp³-hybridized carbons (Fsp3) is 0.400. The number of hydrogen-bond acceptors (Lipinski definition) is 3. The number of nitrogens with one attached hydrogen (secondary N) is 1. The molecule has 1 unspecified atom stereocenters. The van der Waals surface area contributed by atoms with Gasteiger partial charge >= 0.3 is 11.9 Å². The third-order valence-corrected chi connectivity index (χ3v) is 1.28. The zero-order valence-electron chi connectivity index (χ0n) is 5.78. The van der Waals surface area contributed by atoms with Crippen molar-refractivity contribution in [1.29, 1.82) is 0 Å². The van der Waals surface area contributed by atoms with E-state index >= 15 is 0 Å². The third-order valence-electron chi connectivity index (χ3n) is 0.965. The van der Waals surface area contributed by atoms with Gasteiger partial charge in [0, 0.05) is 22.6 Å². The molecule has 0 saturated carbocycles. The fourth-order valence-electron chi connectivity index (χ4n) is 0.512. The molecule has 0 aliphatic heterocycles. The molecule has 0 spiro atoms. The van der Waals surface area contributed by atoms with Gasteiger partial charge in [-0.1, -0.05) is 0 Å². The number of rotatable bonds is 4. The van der Waals surface area contributed by atoms with E-state index in [1.807, 2.05) is 5.32 Å².